The average Bonchev–Trinajstić information content (AvgIpc) is 3.24. The van der Waals surface area contributed by atoms with E-state index >= 15 is 0 Å². The monoisotopic (exact) mass is 832 g/mol. The summed E-state index contributed by atoms with van der Waals surface area (Å²) in [7, 11) is 0. The van der Waals surface area contributed by atoms with Crippen molar-refractivity contribution < 1.29 is 24.5 Å². The van der Waals surface area contributed by atoms with Gasteiger partial charge < -0.3 is 20.3 Å². The number of unbranched alkanes of at least 4 members (excludes halogenated alkanes) is 33. The minimum absolute atomic E-state index is 0.0132. The van der Waals surface area contributed by atoms with Crippen LogP contribution in [0.3, 0.4) is 0 Å². The molecule has 2 atom stereocenters. The minimum Gasteiger partial charge on any atom is -0.466 e. The van der Waals surface area contributed by atoms with E-state index in [1.807, 2.05) is 0 Å². The van der Waals surface area contributed by atoms with E-state index in [-0.39, 0.29) is 18.5 Å². The van der Waals surface area contributed by atoms with Crippen molar-refractivity contribution in [3.05, 3.63) is 24.3 Å². The summed E-state index contributed by atoms with van der Waals surface area (Å²) in [4.78, 5) is 24.5. The quantitative estimate of drug-likeness (QED) is 0.0322. The molecule has 348 valence electrons. The van der Waals surface area contributed by atoms with Crippen molar-refractivity contribution in [2.24, 2.45) is 0 Å². The molecule has 0 saturated heterocycles. The van der Waals surface area contributed by atoms with Crippen molar-refractivity contribution in [3.63, 3.8) is 0 Å². The minimum atomic E-state index is -0.673. The van der Waals surface area contributed by atoms with Gasteiger partial charge in [-0.3, -0.25) is 9.59 Å². The number of hydrogen-bond acceptors (Lipinski definition) is 5. The maximum atomic E-state index is 12.4. The molecule has 0 radical (unpaired) electrons. The van der Waals surface area contributed by atoms with Gasteiger partial charge in [0.05, 0.1) is 25.4 Å². The molecular formula is C53H101NO5. The molecule has 3 N–H and O–H groups in total. The second-order valence-corrected chi connectivity index (χ2v) is 17.9. The van der Waals surface area contributed by atoms with Gasteiger partial charge in [0.2, 0.25) is 5.91 Å². The van der Waals surface area contributed by atoms with Crippen LogP contribution in [-0.4, -0.2) is 47.4 Å². The summed E-state index contributed by atoms with van der Waals surface area (Å²) in [5.41, 5.74) is 0. The highest BCUT2D eigenvalue weighted by Crippen LogP contribution is 2.16. The molecule has 6 heteroatoms. The van der Waals surface area contributed by atoms with Gasteiger partial charge in [-0.25, -0.2) is 0 Å². The number of ether oxygens (including phenoxy) is 1. The van der Waals surface area contributed by atoms with E-state index in [2.05, 4.69) is 43.5 Å². The van der Waals surface area contributed by atoms with Gasteiger partial charge in [-0.2, -0.15) is 0 Å². The molecule has 0 spiro atoms. The highest BCUT2D eigenvalue weighted by Gasteiger charge is 2.20. The molecule has 1 amide bonds. The Bertz CT molecular complexity index is 920. The van der Waals surface area contributed by atoms with Crippen LogP contribution in [0.15, 0.2) is 24.3 Å². The second kappa shape index (κ2) is 49.0. The van der Waals surface area contributed by atoms with E-state index in [1.54, 1.807) is 0 Å². The van der Waals surface area contributed by atoms with Gasteiger partial charge >= 0.3 is 5.97 Å². The van der Waals surface area contributed by atoms with E-state index in [9.17, 15) is 19.8 Å². The van der Waals surface area contributed by atoms with E-state index in [4.69, 9.17) is 4.74 Å². The molecule has 0 aliphatic heterocycles. The third kappa shape index (κ3) is 45.7. The number of aliphatic hydroxyl groups excluding tert-OH is 2. The lowest BCUT2D eigenvalue weighted by Crippen LogP contribution is -2.45. The highest BCUT2D eigenvalue weighted by atomic mass is 16.5. The summed E-state index contributed by atoms with van der Waals surface area (Å²) in [6.07, 6.45) is 57.2. The van der Waals surface area contributed by atoms with Crippen LogP contribution >= 0.6 is 0 Å². The van der Waals surface area contributed by atoms with Crippen molar-refractivity contribution in [3.8, 4) is 0 Å². The number of aliphatic hydroxyl groups is 2. The van der Waals surface area contributed by atoms with Crippen LogP contribution in [0, 0.1) is 0 Å². The Morgan fingerprint density at radius 3 is 1.32 bits per heavy atom. The molecule has 0 saturated carbocycles. The molecule has 0 aromatic rings. The number of hydrogen-bond donors (Lipinski definition) is 3. The molecule has 0 rings (SSSR count). The smallest absolute Gasteiger partial charge is 0.305 e. The van der Waals surface area contributed by atoms with Crippen molar-refractivity contribution in [1.82, 2.24) is 5.32 Å². The summed E-state index contributed by atoms with van der Waals surface area (Å²) < 4.78 is 5.47. The van der Waals surface area contributed by atoms with Crippen LogP contribution in [0.25, 0.3) is 0 Å². The predicted octanol–water partition coefficient (Wildman–Crippen LogP) is 15.5. The largest absolute Gasteiger partial charge is 0.466 e. The molecule has 0 heterocycles. The average molecular weight is 832 g/mol. The molecule has 2 unspecified atom stereocenters. The van der Waals surface area contributed by atoms with Crippen LogP contribution in [0.5, 0.6) is 0 Å². The molecular weight excluding hydrogens is 731 g/mol. The number of amides is 1. The van der Waals surface area contributed by atoms with Crippen LogP contribution < -0.4 is 5.32 Å². The van der Waals surface area contributed by atoms with Crippen LogP contribution in [0.2, 0.25) is 0 Å². The fraction of sp³-hybridized carbons (Fsp3) is 0.887. The van der Waals surface area contributed by atoms with Gasteiger partial charge in [0.1, 0.15) is 0 Å². The molecule has 0 bridgehead atoms. The van der Waals surface area contributed by atoms with E-state index < -0.39 is 12.1 Å². The number of esters is 1. The fourth-order valence-electron chi connectivity index (χ4n) is 7.96. The summed E-state index contributed by atoms with van der Waals surface area (Å²) in [6.45, 7) is 4.88. The van der Waals surface area contributed by atoms with Gasteiger partial charge in [0.15, 0.2) is 0 Å². The SMILES string of the molecule is CCCCC/C=C\C/C=C\CCCCCCCCCCCC(=O)OCCCCCCCCCCCCCCC(=O)NC(CO)C(O)CCCCCCCCCCCCC. The number of allylic oxidation sites excluding steroid dienone is 4. The lowest BCUT2D eigenvalue weighted by atomic mass is 10.0. The first-order chi connectivity index (χ1) is 29.0. The number of carbonyl (C=O) groups excluding carboxylic acids is 2. The first kappa shape index (κ1) is 57.3. The Kier molecular flexibility index (Phi) is 47.6. The first-order valence-corrected chi connectivity index (χ1v) is 26.1. The second-order valence-electron chi connectivity index (χ2n) is 17.9. The topological polar surface area (TPSA) is 95.9 Å². The third-order valence-electron chi connectivity index (χ3n) is 12.0. The Balaban J connectivity index is 3.43. The van der Waals surface area contributed by atoms with Crippen molar-refractivity contribution >= 4 is 11.9 Å². The molecule has 6 nitrogen and oxygen atoms in total. The molecule has 59 heavy (non-hydrogen) atoms. The molecule has 0 aromatic heterocycles. The van der Waals surface area contributed by atoms with Crippen molar-refractivity contribution in [1.29, 1.82) is 0 Å². The number of rotatable bonds is 48. The maximum absolute atomic E-state index is 12.4. The van der Waals surface area contributed by atoms with E-state index in [1.165, 1.54) is 180 Å². The lowest BCUT2D eigenvalue weighted by molar-refractivity contribution is -0.143. The molecule has 0 aliphatic rings. The van der Waals surface area contributed by atoms with Crippen molar-refractivity contribution in [2.45, 2.75) is 289 Å². The Labute approximate surface area is 367 Å². The third-order valence-corrected chi connectivity index (χ3v) is 12.0. The first-order valence-electron chi connectivity index (χ1n) is 26.1. The zero-order valence-electron chi connectivity index (χ0n) is 39.5. The Morgan fingerprint density at radius 2 is 0.847 bits per heavy atom. The van der Waals surface area contributed by atoms with Gasteiger partial charge in [-0.05, 0) is 57.8 Å². The zero-order chi connectivity index (χ0) is 43.0. The van der Waals surface area contributed by atoms with Gasteiger partial charge in [0.25, 0.3) is 0 Å². The van der Waals surface area contributed by atoms with Gasteiger partial charge in [0, 0.05) is 12.8 Å². The van der Waals surface area contributed by atoms with E-state index in [0.29, 0.717) is 25.9 Å². The maximum Gasteiger partial charge on any atom is 0.305 e. The Hall–Kier alpha value is -1.66. The van der Waals surface area contributed by atoms with Crippen molar-refractivity contribution in [2.75, 3.05) is 13.2 Å². The predicted molar refractivity (Wildman–Crippen MR) is 255 cm³/mol. The summed E-state index contributed by atoms with van der Waals surface area (Å²) in [6, 6.07) is -0.552. The molecule has 0 fully saturated rings. The summed E-state index contributed by atoms with van der Waals surface area (Å²) >= 11 is 0. The lowest BCUT2D eigenvalue weighted by Gasteiger charge is -2.22. The Morgan fingerprint density at radius 1 is 0.475 bits per heavy atom. The zero-order valence-corrected chi connectivity index (χ0v) is 39.5. The summed E-state index contributed by atoms with van der Waals surface area (Å²) in [5, 5.41) is 23.1. The highest BCUT2D eigenvalue weighted by molar-refractivity contribution is 5.76. The number of carbonyl (C=O) groups is 2. The fourth-order valence-corrected chi connectivity index (χ4v) is 7.96. The number of nitrogens with one attached hydrogen (secondary N) is 1. The van der Waals surface area contributed by atoms with E-state index in [0.717, 1.165) is 64.2 Å². The standard InChI is InChI=1S/C53H101NO5/c1-3-5-7-9-11-13-15-16-17-18-19-20-21-22-27-31-35-39-43-47-53(58)59-48-44-40-36-32-28-24-23-26-30-34-38-42-46-52(57)54-50(49-55)51(56)45-41-37-33-29-25-14-12-10-8-6-4-2/h11,13,16-17,50-51,55-56H,3-10,12,14-15,18-49H2,1-2H3,(H,54,57)/b13-11-,17-16-. The molecule has 0 aliphatic carbocycles. The van der Waals surface area contributed by atoms with Gasteiger partial charge in [-0.1, -0.05) is 231 Å². The summed E-state index contributed by atoms with van der Waals surface area (Å²) in [5.74, 6) is -0.0651. The molecule has 0 aromatic carbocycles. The van der Waals surface area contributed by atoms with Crippen LogP contribution in [-0.2, 0) is 14.3 Å². The van der Waals surface area contributed by atoms with Crippen LogP contribution in [0.4, 0.5) is 0 Å². The normalized spacial score (nSPS) is 12.8. The van der Waals surface area contributed by atoms with Crippen LogP contribution in [0.1, 0.15) is 277 Å². The van der Waals surface area contributed by atoms with Gasteiger partial charge in [-0.15, -0.1) is 0 Å².